The number of carbonyl (C=O) groups excluding carboxylic acids is 1. The minimum absolute atomic E-state index is 0.0673. The van der Waals surface area contributed by atoms with E-state index in [4.69, 9.17) is 11.6 Å². The second-order valence-electron chi connectivity index (χ2n) is 6.52. The molecule has 0 spiro atoms. The number of benzene rings is 2. The Hall–Kier alpha value is -2.53. The molecule has 2 atom stereocenters. The van der Waals surface area contributed by atoms with Crippen LogP contribution in [0.1, 0.15) is 28.3 Å². The predicted molar refractivity (Wildman–Crippen MR) is 101 cm³/mol. The van der Waals surface area contributed by atoms with Gasteiger partial charge in [0.1, 0.15) is 0 Å². The first kappa shape index (κ1) is 18.3. The summed E-state index contributed by atoms with van der Waals surface area (Å²) in [6.45, 7) is 0.795. The molecule has 1 fully saturated rings. The lowest BCUT2D eigenvalue weighted by Crippen LogP contribution is -2.51. The van der Waals surface area contributed by atoms with Gasteiger partial charge in [0.05, 0.1) is 0 Å². The molecular weight excluding hydrogens is 352 g/mol. The monoisotopic (exact) mass is 372 g/mol. The number of nitrogens with zero attached hydrogens (tertiary/aromatic N) is 2. The molecule has 0 unspecified atom stereocenters. The predicted octanol–water partition coefficient (Wildman–Crippen LogP) is 3.95. The lowest BCUT2D eigenvalue weighted by Gasteiger charge is -2.42. The van der Waals surface area contributed by atoms with Gasteiger partial charge >= 0.3 is 6.09 Å². The number of carbonyl (C=O) groups is 2. The number of rotatable bonds is 3. The Kier molecular flexibility index (Phi) is 5.47. The minimum atomic E-state index is -0.920. The molecule has 6 heteroatoms. The second kappa shape index (κ2) is 7.79. The van der Waals surface area contributed by atoms with Gasteiger partial charge in [0.15, 0.2) is 0 Å². The smallest absolute Gasteiger partial charge is 0.407 e. The molecule has 0 bridgehead atoms. The SMILES string of the molecule is CN(C(=O)c1ccc(Cl)cc1)[C@@H]1CCN(C(=O)O)C[C@H]1c1ccccc1. The molecule has 0 radical (unpaired) electrons. The fourth-order valence-electron chi connectivity index (χ4n) is 3.55. The molecule has 3 rings (SSSR count). The minimum Gasteiger partial charge on any atom is -0.465 e. The summed E-state index contributed by atoms with van der Waals surface area (Å²) >= 11 is 5.91. The van der Waals surface area contributed by atoms with Crippen molar-refractivity contribution < 1.29 is 14.7 Å². The van der Waals surface area contributed by atoms with Crippen LogP contribution in [0.25, 0.3) is 0 Å². The summed E-state index contributed by atoms with van der Waals surface area (Å²) in [5.41, 5.74) is 1.61. The van der Waals surface area contributed by atoms with Gasteiger partial charge in [-0.3, -0.25) is 4.79 Å². The summed E-state index contributed by atoms with van der Waals surface area (Å²) in [6, 6.07) is 16.5. The van der Waals surface area contributed by atoms with Crippen molar-refractivity contribution in [2.45, 2.75) is 18.4 Å². The third-order valence-electron chi connectivity index (χ3n) is 4.98. The average molecular weight is 373 g/mol. The van der Waals surface area contributed by atoms with Gasteiger partial charge in [-0.25, -0.2) is 4.79 Å². The van der Waals surface area contributed by atoms with Gasteiger partial charge in [-0.2, -0.15) is 0 Å². The van der Waals surface area contributed by atoms with Crippen LogP contribution in [0.15, 0.2) is 54.6 Å². The highest BCUT2D eigenvalue weighted by Gasteiger charge is 2.36. The first-order valence-corrected chi connectivity index (χ1v) is 8.90. The number of amides is 2. The topological polar surface area (TPSA) is 60.9 Å². The standard InChI is InChI=1S/C20H21ClN2O3/c1-22(19(24)15-7-9-16(21)10-8-15)18-11-12-23(20(25)26)13-17(18)14-5-3-2-4-6-14/h2-10,17-18H,11-13H2,1H3,(H,25,26)/t17-,18+/m0/s1. The van der Waals surface area contributed by atoms with Crippen molar-refractivity contribution in [1.29, 1.82) is 0 Å². The van der Waals surface area contributed by atoms with E-state index < -0.39 is 6.09 Å². The first-order valence-electron chi connectivity index (χ1n) is 8.53. The van der Waals surface area contributed by atoms with E-state index in [1.165, 1.54) is 4.90 Å². The third-order valence-corrected chi connectivity index (χ3v) is 5.24. The van der Waals surface area contributed by atoms with Gasteiger partial charge in [-0.05, 0) is 36.2 Å². The van der Waals surface area contributed by atoms with Crippen molar-refractivity contribution in [3.05, 3.63) is 70.7 Å². The van der Waals surface area contributed by atoms with Crippen LogP contribution in [0.5, 0.6) is 0 Å². The fourth-order valence-corrected chi connectivity index (χ4v) is 3.68. The van der Waals surface area contributed by atoms with E-state index in [1.54, 1.807) is 36.2 Å². The summed E-state index contributed by atoms with van der Waals surface area (Å²) in [5.74, 6) is -0.154. The van der Waals surface area contributed by atoms with Crippen molar-refractivity contribution in [2.24, 2.45) is 0 Å². The molecule has 1 aliphatic heterocycles. The molecule has 2 aromatic carbocycles. The van der Waals surface area contributed by atoms with Crippen molar-refractivity contribution in [1.82, 2.24) is 9.80 Å². The molecule has 1 aliphatic rings. The summed E-state index contributed by atoms with van der Waals surface area (Å²) in [5, 5.41) is 9.96. The Labute approximate surface area is 157 Å². The lowest BCUT2D eigenvalue weighted by atomic mass is 9.85. The molecule has 0 aromatic heterocycles. The van der Waals surface area contributed by atoms with Crippen LogP contribution in [-0.4, -0.2) is 53.1 Å². The zero-order valence-corrected chi connectivity index (χ0v) is 15.3. The number of piperidine rings is 1. The van der Waals surface area contributed by atoms with Crippen LogP contribution in [0.3, 0.4) is 0 Å². The van der Waals surface area contributed by atoms with E-state index in [-0.39, 0.29) is 17.9 Å². The van der Waals surface area contributed by atoms with Crippen LogP contribution < -0.4 is 0 Å². The number of likely N-dealkylation sites (N-methyl/N-ethyl adjacent to an activating group) is 1. The zero-order valence-electron chi connectivity index (χ0n) is 14.5. The maximum atomic E-state index is 12.9. The van der Waals surface area contributed by atoms with Crippen molar-refractivity contribution in [2.75, 3.05) is 20.1 Å². The van der Waals surface area contributed by atoms with Gasteiger partial charge in [0, 0.05) is 42.7 Å². The average Bonchev–Trinajstić information content (AvgIpc) is 2.67. The number of hydrogen-bond donors (Lipinski definition) is 1. The molecule has 26 heavy (non-hydrogen) atoms. The Morgan fingerprint density at radius 3 is 2.38 bits per heavy atom. The van der Waals surface area contributed by atoms with Gasteiger partial charge < -0.3 is 14.9 Å². The molecule has 5 nitrogen and oxygen atoms in total. The normalized spacial score (nSPS) is 19.8. The zero-order chi connectivity index (χ0) is 18.7. The van der Waals surface area contributed by atoms with Crippen LogP contribution in [-0.2, 0) is 0 Å². The maximum Gasteiger partial charge on any atom is 0.407 e. The molecule has 136 valence electrons. The second-order valence-corrected chi connectivity index (χ2v) is 6.96. The van der Waals surface area contributed by atoms with Crippen LogP contribution >= 0.6 is 11.6 Å². The molecule has 2 amide bonds. The molecule has 2 aromatic rings. The van der Waals surface area contributed by atoms with E-state index in [9.17, 15) is 14.7 Å². The Morgan fingerprint density at radius 1 is 1.12 bits per heavy atom. The number of halogens is 1. The number of carboxylic acid groups (broad SMARTS) is 1. The Bertz CT molecular complexity index is 779. The van der Waals surface area contributed by atoms with Crippen LogP contribution in [0.4, 0.5) is 4.79 Å². The van der Waals surface area contributed by atoms with E-state index in [1.807, 2.05) is 30.3 Å². The number of hydrogen-bond acceptors (Lipinski definition) is 2. The van der Waals surface area contributed by atoms with Gasteiger partial charge in [0.25, 0.3) is 5.91 Å². The Morgan fingerprint density at radius 2 is 1.77 bits per heavy atom. The van der Waals surface area contributed by atoms with Crippen molar-refractivity contribution in [3.8, 4) is 0 Å². The molecule has 1 N–H and O–H groups in total. The van der Waals surface area contributed by atoms with Gasteiger partial charge in [0.2, 0.25) is 0 Å². The van der Waals surface area contributed by atoms with Gasteiger partial charge in [-0.1, -0.05) is 41.9 Å². The molecule has 1 heterocycles. The van der Waals surface area contributed by atoms with E-state index >= 15 is 0 Å². The van der Waals surface area contributed by atoms with Crippen LogP contribution in [0.2, 0.25) is 5.02 Å². The summed E-state index contributed by atoms with van der Waals surface area (Å²) in [4.78, 5) is 27.5. The highest BCUT2D eigenvalue weighted by atomic mass is 35.5. The fraction of sp³-hybridized carbons (Fsp3) is 0.300. The molecular formula is C20H21ClN2O3. The van der Waals surface area contributed by atoms with Crippen molar-refractivity contribution in [3.63, 3.8) is 0 Å². The number of likely N-dealkylation sites (tertiary alicyclic amines) is 1. The van der Waals surface area contributed by atoms with Gasteiger partial charge in [-0.15, -0.1) is 0 Å². The van der Waals surface area contributed by atoms with E-state index in [0.29, 0.717) is 30.1 Å². The maximum absolute atomic E-state index is 12.9. The van der Waals surface area contributed by atoms with E-state index in [0.717, 1.165) is 5.56 Å². The van der Waals surface area contributed by atoms with E-state index in [2.05, 4.69) is 0 Å². The molecule has 0 saturated carbocycles. The summed E-state index contributed by atoms with van der Waals surface area (Å²) in [6.07, 6.45) is -0.321. The molecule has 1 saturated heterocycles. The molecule has 0 aliphatic carbocycles. The highest BCUT2D eigenvalue weighted by molar-refractivity contribution is 6.30. The highest BCUT2D eigenvalue weighted by Crippen LogP contribution is 2.31. The Balaban J connectivity index is 1.86. The largest absolute Gasteiger partial charge is 0.465 e. The van der Waals surface area contributed by atoms with Crippen LogP contribution in [0, 0.1) is 0 Å². The summed E-state index contributed by atoms with van der Waals surface area (Å²) in [7, 11) is 1.79. The lowest BCUT2D eigenvalue weighted by molar-refractivity contribution is 0.0591. The summed E-state index contributed by atoms with van der Waals surface area (Å²) < 4.78 is 0. The quantitative estimate of drug-likeness (QED) is 0.887. The van der Waals surface area contributed by atoms with Crippen molar-refractivity contribution >= 4 is 23.6 Å². The third kappa shape index (κ3) is 3.83. The first-order chi connectivity index (χ1) is 12.5.